The van der Waals surface area contributed by atoms with E-state index in [9.17, 15) is 13.2 Å². The number of hydrogen-bond acceptors (Lipinski definition) is 5. The van der Waals surface area contributed by atoms with Crippen molar-refractivity contribution in [2.75, 3.05) is 11.5 Å². The molecule has 1 saturated heterocycles. The lowest BCUT2D eigenvalue weighted by molar-refractivity contribution is 0.0670. The van der Waals surface area contributed by atoms with Gasteiger partial charge in [0.1, 0.15) is 0 Å². The van der Waals surface area contributed by atoms with Gasteiger partial charge in [-0.1, -0.05) is 47.9 Å². The van der Waals surface area contributed by atoms with E-state index in [4.69, 9.17) is 16.1 Å². The number of sulfone groups is 1. The van der Waals surface area contributed by atoms with Gasteiger partial charge in [0.25, 0.3) is 5.91 Å². The molecule has 6 nitrogen and oxygen atoms in total. The lowest BCUT2D eigenvalue weighted by Gasteiger charge is -2.27. The highest BCUT2D eigenvalue weighted by atomic mass is 35.5. The first-order chi connectivity index (χ1) is 14.8. The molecule has 1 amide bonds. The standard InChI is InChI=1S/C23H23ClN2O4S/c1-2-16-3-5-17(6-4-16)14-26(20-11-12-31(28,29)15-20)23(27)21-13-22(30-25-21)18-7-9-19(24)10-8-18/h3-10,13,20H,2,11-12,14-15H2,1H3/t20-/m0/s1. The van der Waals surface area contributed by atoms with Crippen molar-refractivity contribution in [3.05, 3.63) is 76.4 Å². The third-order valence-corrected chi connectivity index (χ3v) is 7.55. The summed E-state index contributed by atoms with van der Waals surface area (Å²) >= 11 is 5.93. The maximum absolute atomic E-state index is 13.4. The summed E-state index contributed by atoms with van der Waals surface area (Å²) in [7, 11) is -3.15. The summed E-state index contributed by atoms with van der Waals surface area (Å²) in [4.78, 5) is 15.0. The molecule has 31 heavy (non-hydrogen) atoms. The fourth-order valence-corrected chi connectivity index (χ4v) is 5.60. The molecule has 0 N–H and O–H groups in total. The molecule has 1 fully saturated rings. The minimum absolute atomic E-state index is 0.0341. The highest BCUT2D eigenvalue weighted by molar-refractivity contribution is 7.91. The van der Waals surface area contributed by atoms with Gasteiger partial charge in [-0.2, -0.15) is 0 Å². The topological polar surface area (TPSA) is 80.5 Å². The first kappa shape index (κ1) is 21.6. The Morgan fingerprint density at radius 1 is 1.13 bits per heavy atom. The van der Waals surface area contributed by atoms with Gasteiger partial charge in [-0.3, -0.25) is 4.79 Å². The van der Waals surface area contributed by atoms with Crippen molar-refractivity contribution < 1.29 is 17.7 Å². The predicted octanol–water partition coefficient (Wildman–Crippen LogP) is 4.39. The molecule has 1 atom stereocenters. The number of aryl methyl sites for hydroxylation is 1. The van der Waals surface area contributed by atoms with Crippen molar-refractivity contribution >= 4 is 27.3 Å². The Morgan fingerprint density at radius 2 is 1.81 bits per heavy atom. The van der Waals surface area contributed by atoms with Gasteiger partial charge in [0.15, 0.2) is 21.3 Å². The van der Waals surface area contributed by atoms with Crippen LogP contribution in [0.2, 0.25) is 5.02 Å². The monoisotopic (exact) mass is 458 g/mol. The Bertz CT molecular complexity index is 1170. The van der Waals surface area contributed by atoms with Gasteiger partial charge in [-0.25, -0.2) is 8.42 Å². The molecule has 1 aromatic heterocycles. The van der Waals surface area contributed by atoms with E-state index < -0.39 is 9.84 Å². The zero-order valence-corrected chi connectivity index (χ0v) is 18.7. The van der Waals surface area contributed by atoms with Gasteiger partial charge in [0, 0.05) is 29.2 Å². The van der Waals surface area contributed by atoms with Crippen LogP contribution in [-0.2, 0) is 22.8 Å². The van der Waals surface area contributed by atoms with Crippen molar-refractivity contribution in [1.82, 2.24) is 10.1 Å². The Kier molecular flexibility index (Phi) is 6.16. The molecular formula is C23H23ClN2O4S. The van der Waals surface area contributed by atoms with Crippen molar-refractivity contribution in [3.63, 3.8) is 0 Å². The molecule has 2 aromatic carbocycles. The van der Waals surface area contributed by atoms with E-state index in [1.807, 2.05) is 24.3 Å². The second kappa shape index (κ2) is 8.85. The van der Waals surface area contributed by atoms with E-state index in [1.165, 1.54) is 5.56 Å². The SMILES string of the molecule is CCc1ccc(CN(C(=O)c2cc(-c3ccc(Cl)cc3)on2)[C@H]2CCS(=O)(=O)C2)cc1. The summed E-state index contributed by atoms with van der Waals surface area (Å²) < 4.78 is 29.5. The maximum Gasteiger partial charge on any atom is 0.276 e. The Hall–Kier alpha value is -2.64. The van der Waals surface area contributed by atoms with E-state index in [0.717, 1.165) is 17.5 Å². The zero-order chi connectivity index (χ0) is 22.0. The summed E-state index contributed by atoms with van der Waals surface area (Å²) in [6, 6.07) is 16.2. The smallest absolute Gasteiger partial charge is 0.276 e. The third kappa shape index (κ3) is 4.99. The van der Waals surface area contributed by atoms with E-state index in [0.29, 0.717) is 23.7 Å². The van der Waals surface area contributed by atoms with Crippen molar-refractivity contribution in [2.45, 2.75) is 32.4 Å². The van der Waals surface area contributed by atoms with Gasteiger partial charge in [-0.15, -0.1) is 0 Å². The van der Waals surface area contributed by atoms with E-state index in [-0.39, 0.29) is 29.1 Å². The van der Waals surface area contributed by atoms with Crippen LogP contribution < -0.4 is 0 Å². The summed E-state index contributed by atoms with van der Waals surface area (Å²) in [5.41, 5.74) is 3.05. The maximum atomic E-state index is 13.4. The number of benzene rings is 2. The Morgan fingerprint density at radius 3 is 2.42 bits per heavy atom. The molecule has 1 aliphatic heterocycles. The summed E-state index contributed by atoms with van der Waals surface area (Å²) in [6.45, 7) is 2.39. The zero-order valence-electron chi connectivity index (χ0n) is 17.1. The molecule has 0 spiro atoms. The summed E-state index contributed by atoms with van der Waals surface area (Å²) in [6.07, 6.45) is 1.35. The van der Waals surface area contributed by atoms with Crippen LogP contribution in [0.1, 0.15) is 35.0 Å². The van der Waals surface area contributed by atoms with Gasteiger partial charge < -0.3 is 9.42 Å². The average Bonchev–Trinajstić information content (AvgIpc) is 3.39. The molecule has 0 saturated carbocycles. The molecule has 0 aliphatic carbocycles. The van der Waals surface area contributed by atoms with Crippen molar-refractivity contribution in [2.24, 2.45) is 0 Å². The normalized spacial score (nSPS) is 17.5. The van der Waals surface area contributed by atoms with Crippen molar-refractivity contribution in [3.8, 4) is 11.3 Å². The molecule has 0 bridgehead atoms. The second-order valence-corrected chi connectivity index (χ2v) is 10.4. The van der Waals surface area contributed by atoms with E-state index in [1.54, 1.807) is 35.2 Å². The van der Waals surface area contributed by atoms with Crippen LogP contribution in [0.25, 0.3) is 11.3 Å². The van der Waals surface area contributed by atoms with Gasteiger partial charge in [0.2, 0.25) is 0 Å². The number of carbonyl (C=O) groups is 1. The van der Waals surface area contributed by atoms with Crippen LogP contribution in [0, 0.1) is 0 Å². The van der Waals surface area contributed by atoms with Crippen LogP contribution >= 0.6 is 11.6 Å². The number of aromatic nitrogens is 1. The molecule has 4 rings (SSSR count). The Balaban J connectivity index is 1.61. The van der Waals surface area contributed by atoms with Crippen LogP contribution in [0.15, 0.2) is 59.1 Å². The number of amides is 1. The number of halogens is 1. The fraction of sp³-hybridized carbons (Fsp3) is 0.304. The van der Waals surface area contributed by atoms with Crippen LogP contribution in [0.5, 0.6) is 0 Å². The van der Waals surface area contributed by atoms with Crippen molar-refractivity contribution in [1.29, 1.82) is 0 Å². The predicted molar refractivity (Wildman–Crippen MR) is 120 cm³/mol. The first-order valence-electron chi connectivity index (χ1n) is 10.2. The lowest BCUT2D eigenvalue weighted by Crippen LogP contribution is -2.40. The molecule has 1 aliphatic rings. The Labute approximate surface area is 186 Å². The number of nitrogens with zero attached hydrogens (tertiary/aromatic N) is 2. The molecule has 162 valence electrons. The molecule has 0 radical (unpaired) electrons. The highest BCUT2D eigenvalue weighted by Crippen LogP contribution is 2.26. The quantitative estimate of drug-likeness (QED) is 0.547. The third-order valence-electron chi connectivity index (χ3n) is 5.55. The van der Waals surface area contributed by atoms with Crippen LogP contribution in [-0.4, -0.2) is 41.9 Å². The number of hydrogen-bond donors (Lipinski definition) is 0. The summed E-state index contributed by atoms with van der Waals surface area (Å²) in [5.74, 6) is 0.163. The summed E-state index contributed by atoms with van der Waals surface area (Å²) in [5, 5.41) is 4.56. The highest BCUT2D eigenvalue weighted by Gasteiger charge is 2.36. The second-order valence-electron chi connectivity index (χ2n) is 7.74. The van der Waals surface area contributed by atoms with Crippen LogP contribution in [0.4, 0.5) is 0 Å². The van der Waals surface area contributed by atoms with E-state index >= 15 is 0 Å². The minimum Gasteiger partial charge on any atom is -0.355 e. The van der Waals surface area contributed by atoms with Gasteiger partial charge in [0.05, 0.1) is 11.5 Å². The largest absolute Gasteiger partial charge is 0.355 e. The molecular weight excluding hydrogens is 436 g/mol. The van der Waals surface area contributed by atoms with E-state index in [2.05, 4.69) is 12.1 Å². The van der Waals surface area contributed by atoms with Crippen LogP contribution in [0.3, 0.4) is 0 Å². The molecule has 8 heteroatoms. The minimum atomic E-state index is -3.15. The van der Waals surface area contributed by atoms with Gasteiger partial charge in [-0.05, 0) is 48.2 Å². The first-order valence-corrected chi connectivity index (χ1v) is 12.4. The molecule has 0 unspecified atom stereocenters. The molecule has 3 aromatic rings. The fourth-order valence-electron chi connectivity index (χ4n) is 3.74. The molecule has 2 heterocycles. The van der Waals surface area contributed by atoms with Gasteiger partial charge >= 0.3 is 0 Å². The number of carbonyl (C=O) groups excluding carboxylic acids is 1. The lowest BCUT2D eigenvalue weighted by atomic mass is 10.1. The number of rotatable bonds is 6. The average molecular weight is 459 g/mol.